The van der Waals surface area contributed by atoms with Gasteiger partial charge in [0.1, 0.15) is 22.3 Å². The molecule has 0 bridgehead atoms. The molecule has 6 amide bonds. The number of hydrogen-bond donors (Lipinski definition) is 3. The van der Waals surface area contributed by atoms with Gasteiger partial charge in [0, 0.05) is 12.1 Å². The van der Waals surface area contributed by atoms with Gasteiger partial charge in [-0.3, -0.25) is 29.4 Å². The molecule has 3 aromatic rings. The van der Waals surface area contributed by atoms with Crippen molar-refractivity contribution in [2.75, 3.05) is 12.4 Å². The van der Waals surface area contributed by atoms with Crippen LogP contribution in [0.5, 0.6) is 5.75 Å². The normalized spacial score (nSPS) is 17.5. The molecule has 0 saturated carbocycles. The minimum absolute atomic E-state index is 0.0280. The van der Waals surface area contributed by atoms with Crippen molar-refractivity contribution in [3.63, 3.8) is 0 Å². The van der Waals surface area contributed by atoms with Gasteiger partial charge in [-0.1, -0.05) is 11.6 Å². The van der Waals surface area contributed by atoms with Crippen LogP contribution in [0.15, 0.2) is 30.3 Å². The highest BCUT2D eigenvalue weighted by Gasteiger charge is 2.44. The Morgan fingerprint density at radius 3 is 2.61 bits per heavy atom. The zero-order chi connectivity index (χ0) is 27.4. The minimum atomic E-state index is -1.07. The monoisotopic (exact) mass is 555 g/mol. The van der Waals surface area contributed by atoms with Crippen LogP contribution in [0.3, 0.4) is 0 Å². The van der Waals surface area contributed by atoms with Gasteiger partial charge in [0.2, 0.25) is 11.8 Å². The van der Waals surface area contributed by atoms with Crippen molar-refractivity contribution in [1.82, 2.24) is 20.5 Å². The average Bonchev–Trinajstić information content (AvgIpc) is 3.41. The van der Waals surface area contributed by atoms with Crippen molar-refractivity contribution in [1.29, 1.82) is 0 Å². The molecule has 3 heterocycles. The molecule has 1 atom stereocenters. The molecule has 1 saturated heterocycles. The van der Waals surface area contributed by atoms with E-state index in [0.717, 1.165) is 9.60 Å². The predicted octanol–water partition coefficient (Wildman–Crippen LogP) is 3.42. The minimum Gasteiger partial charge on any atom is -0.494 e. The molecule has 2 aliphatic rings. The zero-order valence-electron chi connectivity index (χ0n) is 20.5. The summed E-state index contributed by atoms with van der Waals surface area (Å²) >= 11 is 7.66. The lowest BCUT2D eigenvalue weighted by atomic mass is 10.0. The molecule has 0 spiro atoms. The highest BCUT2D eigenvalue weighted by atomic mass is 35.5. The fourth-order valence-electron chi connectivity index (χ4n) is 4.43. The summed E-state index contributed by atoms with van der Waals surface area (Å²) in [6, 6.07) is 6.11. The molecule has 1 aromatic heterocycles. The second kappa shape index (κ2) is 9.37. The first-order valence-electron chi connectivity index (χ1n) is 11.6. The van der Waals surface area contributed by atoms with Crippen molar-refractivity contribution in [2.24, 2.45) is 0 Å². The number of amides is 6. The first-order chi connectivity index (χ1) is 18.0. The van der Waals surface area contributed by atoms with Gasteiger partial charge in [0.05, 0.1) is 33.5 Å². The Kier molecular flexibility index (Phi) is 6.32. The van der Waals surface area contributed by atoms with Gasteiger partial charge in [-0.2, -0.15) is 0 Å². The van der Waals surface area contributed by atoms with Gasteiger partial charge in [-0.15, -0.1) is 11.3 Å². The van der Waals surface area contributed by atoms with Crippen LogP contribution in [0.25, 0.3) is 10.2 Å². The van der Waals surface area contributed by atoms with E-state index in [1.807, 2.05) is 0 Å². The molecule has 1 fully saturated rings. The second-order valence-electron chi connectivity index (χ2n) is 9.36. The average molecular weight is 556 g/mol. The van der Waals surface area contributed by atoms with E-state index in [9.17, 15) is 24.0 Å². The largest absolute Gasteiger partial charge is 0.494 e. The van der Waals surface area contributed by atoms with Crippen LogP contribution in [-0.4, -0.2) is 52.7 Å². The molecular weight excluding hydrogens is 534 g/mol. The number of fused-ring (bicyclic) bond motifs is 2. The van der Waals surface area contributed by atoms with Gasteiger partial charge in [0.25, 0.3) is 11.8 Å². The van der Waals surface area contributed by atoms with E-state index in [1.165, 1.54) is 36.6 Å². The Balaban J connectivity index is 1.33. The lowest BCUT2D eigenvalue weighted by Gasteiger charge is -2.27. The van der Waals surface area contributed by atoms with Gasteiger partial charge < -0.3 is 15.4 Å². The highest BCUT2D eigenvalue weighted by Crippen LogP contribution is 2.38. The number of nitrogens with one attached hydrogen (secondary N) is 3. The Bertz CT molecular complexity index is 1550. The summed E-state index contributed by atoms with van der Waals surface area (Å²) in [4.78, 5) is 68.0. The molecule has 2 aliphatic heterocycles. The number of hydrogen-bond acceptors (Lipinski definition) is 8. The number of methoxy groups -OCH3 is 1. The van der Waals surface area contributed by atoms with Crippen LogP contribution in [-0.2, 0) is 15.1 Å². The van der Waals surface area contributed by atoms with Gasteiger partial charge in [-0.25, -0.2) is 9.78 Å². The van der Waals surface area contributed by atoms with Crippen LogP contribution in [0, 0.1) is 0 Å². The SMILES string of the molecule is COc1ccc(Cl)c2sc(C(C)(C)NC(=O)Nc3ccc4c(c3)C(=O)N(C3CCC(=O)NC3=O)C4=O)nc12. The number of halogens is 1. The van der Waals surface area contributed by atoms with Crippen molar-refractivity contribution < 1.29 is 28.7 Å². The molecule has 0 radical (unpaired) electrons. The molecule has 3 N–H and O–H groups in total. The number of aromatic nitrogens is 1. The fourth-order valence-corrected chi connectivity index (χ4v) is 5.75. The maximum absolute atomic E-state index is 13.0. The van der Waals surface area contributed by atoms with Gasteiger partial charge >= 0.3 is 6.03 Å². The Morgan fingerprint density at radius 1 is 1.16 bits per heavy atom. The quantitative estimate of drug-likeness (QED) is 0.409. The number of benzene rings is 2. The lowest BCUT2D eigenvalue weighted by Crippen LogP contribution is -2.54. The number of anilines is 1. The Labute approximate surface area is 225 Å². The molecule has 13 heteroatoms. The highest BCUT2D eigenvalue weighted by molar-refractivity contribution is 7.19. The summed E-state index contributed by atoms with van der Waals surface area (Å²) in [5, 5.41) is 8.82. The van der Waals surface area contributed by atoms with Crippen molar-refractivity contribution >= 4 is 68.5 Å². The van der Waals surface area contributed by atoms with E-state index >= 15 is 0 Å². The number of imide groups is 2. The number of rotatable bonds is 5. The van der Waals surface area contributed by atoms with Crippen molar-refractivity contribution in [2.45, 2.75) is 38.3 Å². The summed E-state index contributed by atoms with van der Waals surface area (Å²) in [5.41, 5.74) is 0.152. The number of thiazole rings is 1. The van der Waals surface area contributed by atoms with E-state index in [2.05, 4.69) is 20.9 Å². The topological polar surface area (TPSA) is 147 Å². The third kappa shape index (κ3) is 4.35. The summed E-state index contributed by atoms with van der Waals surface area (Å²) in [5.74, 6) is -1.86. The molecule has 38 heavy (non-hydrogen) atoms. The van der Waals surface area contributed by atoms with Crippen LogP contribution >= 0.6 is 22.9 Å². The van der Waals surface area contributed by atoms with Crippen LogP contribution < -0.4 is 20.7 Å². The number of carbonyl (C=O) groups excluding carboxylic acids is 5. The summed E-state index contributed by atoms with van der Waals surface area (Å²) < 4.78 is 6.11. The zero-order valence-corrected chi connectivity index (χ0v) is 22.1. The summed E-state index contributed by atoms with van der Waals surface area (Å²) in [7, 11) is 1.54. The molecule has 2 aromatic carbocycles. The van der Waals surface area contributed by atoms with Crippen molar-refractivity contribution in [3.8, 4) is 5.75 Å². The van der Waals surface area contributed by atoms with Crippen LogP contribution in [0.2, 0.25) is 5.02 Å². The van der Waals surface area contributed by atoms with Crippen LogP contribution in [0.1, 0.15) is 52.4 Å². The maximum atomic E-state index is 13.0. The number of piperidine rings is 1. The van der Waals surface area contributed by atoms with Gasteiger partial charge in [-0.05, 0) is 50.6 Å². The third-order valence-corrected chi connectivity index (χ3v) is 8.18. The lowest BCUT2D eigenvalue weighted by molar-refractivity contribution is -0.136. The molecule has 5 rings (SSSR count). The number of nitrogens with zero attached hydrogens (tertiary/aromatic N) is 2. The number of ether oxygens (including phenoxy) is 1. The summed E-state index contributed by atoms with van der Waals surface area (Å²) in [6.07, 6.45) is 0.0851. The Morgan fingerprint density at radius 2 is 1.89 bits per heavy atom. The molecule has 11 nitrogen and oxygen atoms in total. The van der Waals surface area contributed by atoms with E-state index < -0.39 is 41.2 Å². The van der Waals surface area contributed by atoms with E-state index in [4.69, 9.17) is 16.3 Å². The van der Waals surface area contributed by atoms with E-state index in [1.54, 1.807) is 26.0 Å². The van der Waals surface area contributed by atoms with Gasteiger partial charge in [0.15, 0.2) is 0 Å². The fraction of sp³-hybridized carbons (Fsp3) is 0.280. The third-order valence-electron chi connectivity index (χ3n) is 6.34. The molecular formula is C25H22ClN5O6S. The Hall–Kier alpha value is -4.03. The number of urea groups is 1. The second-order valence-corrected chi connectivity index (χ2v) is 10.8. The standard InChI is InChI=1S/C25H22ClN5O6S/c1-25(2,23-29-18-16(37-3)8-6-14(26)19(18)38-23)30-24(36)27-11-4-5-12-13(10-11)22(35)31(21(12)34)15-7-9-17(32)28-20(15)33/h4-6,8,10,15H,7,9H2,1-3H3,(H2,27,30,36)(H,28,32,33). The molecule has 196 valence electrons. The van der Waals surface area contributed by atoms with E-state index in [0.29, 0.717) is 21.3 Å². The number of carbonyl (C=O) groups is 5. The smallest absolute Gasteiger partial charge is 0.319 e. The molecule has 1 unspecified atom stereocenters. The first-order valence-corrected chi connectivity index (χ1v) is 12.8. The summed E-state index contributed by atoms with van der Waals surface area (Å²) in [6.45, 7) is 3.57. The predicted molar refractivity (Wildman–Crippen MR) is 139 cm³/mol. The first kappa shape index (κ1) is 25.6. The molecule has 0 aliphatic carbocycles. The maximum Gasteiger partial charge on any atom is 0.319 e. The van der Waals surface area contributed by atoms with Crippen molar-refractivity contribution in [3.05, 3.63) is 51.5 Å². The van der Waals surface area contributed by atoms with Crippen LogP contribution in [0.4, 0.5) is 10.5 Å². The van der Waals surface area contributed by atoms with E-state index in [-0.39, 0.29) is 29.7 Å².